The quantitative estimate of drug-likeness (QED) is 0.887. The fourth-order valence-electron chi connectivity index (χ4n) is 1.69. The van der Waals surface area contributed by atoms with E-state index in [-0.39, 0.29) is 0 Å². The maximum Gasteiger partial charge on any atom is 0.128 e. The first-order valence-corrected chi connectivity index (χ1v) is 5.43. The normalized spacial score (nSPS) is 11.9. The van der Waals surface area contributed by atoms with Gasteiger partial charge in [0.1, 0.15) is 17.6 Å². The topological polar surface area (TPSA) is 64.5 Å². The average Bonchev–Trinajstić information content (AvgIpc) is 2.46. The third-order valence-electron chi connectivity index (χ3n) is 2.66. The van der Waals surface area contributed by atoms with Crippen LogP contribution < -0.4 is 9.47 Å². The number of aliphatic hydroxyl groups is 1. The standard InChI is InChI=1S/C13H14N2O3/c1-17-10-3-4-11(12(7-10)18-2)13(16)9-5-6-14-15-8-9/h3-8,13,16H,1-2H3. The number of rotatable bonds is 4. The van der Waals surface area contributed by atoms with Crippen molar-refractivity contribution in [1.29, 1.82) is 0 Å². The van der Waals surface area contributed by atoms with Gasteiger partial charge in [0.05, 0.1) is 20.4 Å². The van der Waals surface area contributed by atoms with E-state index < -0.39 is 6.10 Å². The van der Waals surface area contributed by atoms with E-state index >= 15 is 0 Å². The van der Waals surface area contributed by atoms with Crippen LogP contribution in [0.4, 0.5) is 0 Å². The second-order valence-corrected chi connectivity index (χ2v) is 3.69. The van der Waals surface area contributed by atoms with Crippen molar-refractivity contribution in [3.05, 3.63) is 47.8 Å². The molecule has 2 aromatic rings. The molecule has 1 aromatic carbocycles. The highest BCUT2D eigenvalue weighted by molar-refractivity contribution is 5.44. The van der Waals surface area contributed by atoms with Gasteiger partial charge < -0.3 is 14.6 Å². The Kier molecular flexibility index (Phi) is 3.74. The number of nitrogens with zero attached hydrogens (tertiary/aromatic N) is 2. The molecule has 0 amide bonds. The molecule has 0 radical (unpaired) electrons. The first kappa shape index (κ1) is 12.3. The molecular formula is C13H14N2O3. The Morgan fingerprint density at radius 2 is 1.94 bits per heavy atom. The monoisotopic (exact) mass is 246 g/mol. The van der Waals surface area contributed by atoms with Gasteiger partial charge in [0.2, 0.25) is 0 Å². The number of aromatic nitrogens is 2. The number of hydrogen-bond acceptors (Lipinski definition) is 5. The third-order valence-corrected chi connectivity index (χ3v) is 2.66. The number of ether oxygens (including phenoxy) is 2. The number of aliphatic hydroxyl groups excluding tert-OH is 1. The molecular weight excluding hydrogens is 232 g/mol. The Labute approximate surface area is 105 Å². The summed E-state index contributed by atoms with van der Waals surface area (Å²) >= 11 is 0. The summed E-state index contributed by atoms with van der Waals surface area (Å²) in [6, 6.07) is 6.98. The number of methoxy groups -OCH3 is 2. The summed E-state index contributed by atoms with van der Waals surface area (Å²) in [4.78, 5) is 0. The molecule has 0 aliphatic heterocycles. The summed E-state index contributed by atoms with van der Waals surface area (Å²) in [5.41, 5.74) is 1.32. The van der Waals surface area contributed by atoms with Crippen LogP contribution in [-0.4, -0.2) is 29.5 Å². The highest BCUT2D eigenvalue weighted by Gasteiger charge is 2.16. The zero-order valence-electron chi connectivity index (χ0n) is 10.2. The molecule has 94 valence electrons. The van der Waals surface area contributed by atoms with Gasteiger partial charge in [-0.3, -0.25) is 0 Å². The van der Waals surface area contributed by atoms with Gasteiger partial charge in [0, 0.05) is 23.4 Å². The van der Waals surface area contributed by atoms with Crippen LogP contribution in [0, 0.1) is 0 Å². The van der Waals surface area contributed by atoms with E-state index in [1.807, 2.05) is 0 Å². The Balaban J connectivity index is 2.38. The number of hydrogen-bond donors (Lipinski definition) is 1. The molecule has 0 aliphatic carbocycles. The van der Waals surface area contributed by atoms with Crippen LogP contribution in [0.15, 0.2) is 36.7 Å². The lowest BCUT2D eigenvalue weighted by atomic mass is 10.0. The first-order chi connectivity index (χ1) is 8.76. The molecule has 18 heavy (non-hydrogen) atoms. The van der Waals surface area contributed by atoms with Gasteiger partial charge in [-0.2, -0.15) is 10.2 Å². The molecule has 1 N–H and O–H groups in total. The largest absolute Gasteiger partial charge is 0.497 e. The Morgan fingerprint density at radius 1 is 1.11 bits per heavy atom. The van der Waals surface area contributed by atoms with E-state index in [0.29, 0.717) is 22.6 Å². The van der Waals surface area contributed by atoms with Crippen molar-refractivity contribution in [3.63, 3.8) is 0 Å². The molecule has 0 bridgehead atoms. The van der Waals surface area contributed by atoms with Gasteiger partial charge in [0.25, 0.3) is 0 Å². The summed E-state index contributed by atoms with van der Waals surface area (Å²) in [5, 5.41) is 17.7. The lowest BCUT2D eigenvalue weighted by Gasteiger charge is -2.15. The van der Waals surface area contributed by atoms with Crippen LogP contribution in [0.5, 0.6) is 11.5 Å². The predicted molar refractivity (Wildman–Crippen MR) is 65.6 cm³/mol. The number of benzene rings is 1. The average molecular weight is 246 g/mol. The van der Waals surface area contributed by atoms with Crippen LogP contribution in [0.1, 0.15) is 17.2 Å². The third kappa shape index (κ3) is 2.41. The van der Waals surface area contributed by atoms with Crippen molar-refractivity contribution < 1.29 is 14.6 Å². The summed E-state index contributed by atoms with van der Waals surface area (Å²) in [6.45, 7) is 0. The van der Waals surface area contributed by atoms with Crippen LogP contribution in [-0.2, 0) is 0 Å². The Morgan fingerprint density at radius 3 is 2.56 bits per heavy atom. The zero-order valence-corrected chi connectivity index (χ0v) is 10.2. The second-order valence-electron chi connectivity index (χ2n) is 3.69. The van der Waals surface area contributed by atoms with Crippen molar-refractivity contribution in [2.75, 3.05) is 14.2 Å². The van der Waals surface area contributed by atoms with Crippen LogP contribution in [0.2, 0.25) is 0 Å². The van der Waals surface area contributed by atoms with E-state index in [2.05, 4.69) is 10.2 Å². The van der Waals surface area contributed by atoms with Crippen LogP contribution in [0.25, 0.3) is 0 Å². The predicted octanol–water partition coefficient (Wildman–Crippen LogP) is 1.58. The van der Waals surface area contributed by atoms with Gasteiger partial charge in [-0.25, -0.2) is 0 Å². The minimum atomic E-state index is -0.804. The lowest BCUT2D eigenvalue weighted by molar-refractivity contribution is 0.214. The van der Waals surface area contributed by atoms with Crippen molar-refractivity contribution in [3.8, 4) is 11.5 Å². The minimum Gasteiger partial charge on any atom is -0.497 e. The van der Waals surface area contributed by atoms with Gasteiger partial charge in [0.15, 0.2) is 0 Å². The SMILES string of the molecule is COc1ccc(C(O)c2ccnnc2)c(OC)c1. The Hall–Kier alpha value is -2.14. The van der Waals surface area contributed by atoms with Crippen molar-refractivity contribution >= 4 is 0 Å². The van der Waals surface area contributed by atoms with Crippen molar-refractivity contribution in [1.82, 2.24) is 10.2 Å². The lowest BCUT2D eigenvalue weighted by Crippen LogP contribution is -2.03. The highest BCUT2D eigenvalue weighted by atomic mass is 16.5. The molecule has 1 unspecified atom stereocenters. The molecule has 0 spiro atoms. The van der Waals surface area contributed by atoms with E-state index in [1.54, 1.807) is 38.5 Å². The maximum absolute atomic E-state index is 10.3. The summed E-state index contributed by atoms with van der Waals surface area (Å²) in [7, 11) is 3.13. The van der Waals surface area contributed by atoms with Crippen molar-refractivity contribution in [2.24, 2.45) is 0 Å². The summed E-state index contributed by atoms with van der Waals surface area (Å²) < 4.78 is 10.4. The van der Waals surface area contributed by atoms with E-state index in [4.69, 9.17) is 9.47 Å². The molecule has 2 rings (SSSR count). The van der Waals surface area contributed by atoms with Gasteiger partial charge in [-0.15, -0.1) is 0 Å². The molecule has 0 saturated carbocycles. The molecule has 1 aromatic heterocycles. The molecule has 5 heteroatoms. The second kappa shape index (κ2) is 5.46. The van der Waals surface area contributed by atoms with Gasteiger partial charge in [-0.1, -0.05) is 0 Å². The Bertz CT molecular complexity index is 517. The van der Waals surface area contributed by atoms with E-state index in [1.165, 1.54) is 12.4 Å². The molecule has 5 nitrogen and oxygen atoms in total. The van der Waals surface area contributed by atoms with Gasteiger partial charge >= 0.3 is 0 Å². The molecule has 0 aliphatic rings. The highest BCUT2D eigenvalue weighted by Crippen LogP contribution is 2.32. The molecule has 1 atom stereocenters. The maximum atomic E-state index is 10.3. The molecule has 0 saturated heterocycles. The van der Waals surface area contributed by atoms with Crippen LogP contribution >= 0.6 is 0 Å². The van der Waals surface area contributed by atoms with E-state index in [0.717, 1.165) is 0 Å². The fourth-order valence-corrected chi connectivity index (χ4v) is 1.69. The summed E-state index contributed by atoms with van der Waals surface area (Å²) in [6.07, 6.45) is 2.25. The fraction of sp³-hybridized carbons (Fsp3) is 0.231. The summed E-state index contributed by atoms with van der Waals surface area (Å²) in [5.74, 6) is 1.24. The molecule has 0 fully saturated rings. The van der Waals surface area contributed by atoms with E-state index in [9.17, 15) is 5.11 Å². The van der Waals surface area contributed by atoms with Crippen LogP contribution in [0.3, 0.4) is 0 Å². The minimum absolute atomic E-state index is 0.568. The zero-order chi connectivity index (χ0) is 13.0. The first-order valence-electron chi connectivity index (χ1n) is 5.43. The molecule has 1 heterocycles. The van der Waals surface area contributed by atoms with Gasteiger partial charge in [-0.05, 0) is 18.2 Å². The smallest absolute Gasteiger partial charge is 0.128 e. The van der Waals surface area contributed by atoms with Crippen molar-refractivity contribution in [2.45, 2.75) is 6.10 Å².